The van der Waals surface area contributed by atoms with Crippen LogP contribution in [0.2, 0.25) is 20.1 Å². The lowest BCUT2D eigenvalue weighted by molar-refractivity contribution is 0.306. The lowest BCUT2D eigenvalue weighted by Crippen LogP contribution is -1.98. The van der Waals surface area contributed by atoms with Crippen molar-refractivity contribution in [1.29, 1.82) is 5.26 Å². The molecule has 0 saturated heterocycles. The molecule has 0 heterocycles. The first-order valence-electron chi connectivity index (χ1n) is 8.31. The van der Waals surface area contributed by atoms with Gasteiger partial charge in [-0.1, -0.05) is 70.7 Å². The first kappa shape index (κ1) is 21.5. The van der Waals surface area contributed by atoms with E-state index in [0.29, 0.717) is 15.6 Å². The minimum Gasteiger partial charge on any atom is -0.486 e. The van der Waals surface area contributed by atoms with Crippen LogP contribution in [0, 0.1) is 17.1 Å². The summed E-state index contributed by atoms with van der Waals surface area (Å²) in [6, 6.07) is 16.3. The summed E-state index contributed by atoms with van der Waals surface area (Å²) < 4.78 is 19.7. The molecule has 3 aromatic carbocycles. The normalized spacial score (nSPS) is 11.2. The minimum absolute atomic E-state index is 0.142. The molecule has 0 spiro atoms. The van der Waals surface area contributed by atoms with E-state index in [1.54, 1.807) is 42.5 Å². The Bertz CT molecular complexity index is 1110. The molecule has 0 aliphatic carbocycles. The van der Waals surface area contributed by atoms with Gasteiger partial charge in [0.2, 0.25) is 0 Å². The molecule has 0 amide bonds. The molecule has 0 bridgehead atoms. The van der Waals surface area contributed by atoms with Gasteiger partial charge in [0.25, 0.3) is 0 Å². The summed E-state index contributed by atoms with van der Waals surface area (Å²) in [7, 11) is 0. The van der Waals surface area contributed by atoms with Crippen LogP contribution in [0.25, 0.3) is 11.6 Å². The van der Waals surface area contributed by atoms with Crippen LogP contribution in [0.5, 0.6) is 5.75 Å². The molecule has 0 N–H and O–H groups in total. The van der Waals surface area contributed by atoms with Crippen molar-refractivity contribution in [1.82, 2.24) is 0 Å². The van der Waals surface area contributed by atoms with Gasteiger partial charge in [0.1, 0.15) is 12.4 Å². The maximum absolute atomic E-state index is 14.0. The molecular formula is C22H12Cl4FNO. The number of allylic oxidation sites excluding steroid dienone is 1. The number of benzene rings is 3. The van der Waals surface area contributed by atoms with Crippen molar-refractivity contribution in [2.45, 2.75) is 6.61 Å². The number of hydrogen-bond donors (Lipinski definition) is 0. The van der Waals surface area contributed by atoms with Crippen LogP contribution in [0.15, 0.2) is 54.6 Å². The summed E-state index contributed by atoms with van der Waals surface area (Å²) in [6.45, 7) is 0.142. The van der Waals surface area contributed by atoms with Crippen molar-refractivity contribution in [2.75, 3.05) is 0 Å². The number of halogens is 5. The van der Waals surface area contributed by atoms with Crippen molar-refractivity contribution in [3.8, 4) is 11.8 Å². The van der Waals surface area contributed by atoms with E-state index < -0.39 is 5.82 Å². The van der Waals surface area contributed by atoms with E-state index >= 15 is 0 Å². The Morgan fingerprint density at radius 1 is 0.966 bits per heavy atom. The Hall–Kier alpha value is -2.22. The Kier molecular flexibility index (Phi) is 7.05. The molecule has 0 atom stereocenters. The number of nitriles is 1. The van der Waals surface area contributed by atoms with E-state index in [1.165, 1.54) is 18.2 Å². The first-order chi connectivity index (χ1) is 13.9. The standard InChI is InChI=1S/C22H12Cl4FNO/c23-16-6-5-14(18(24)10-16)12-29-22-19(25)8-13(9-20(22)26)7-15(11-28)17-3-1-2-4-21(17)27/h1-10H,12H2. The Morgan fingerprint density at radius 2 is 1.66 bits per heavy atom. The van der Waals surface area contributed by atoms with Crippen LogP contribution < -0.4 is 4.74 Å². The molecule has 3 aromatic rings. The molecule has 146 valence electrons. The number of rotatable bonds is 5. The summed E-state index contributed by atoms with van der Waals surface area (Å²) in [5.41, 5.74) is 1.60. The molecule has 0 unspecified atom stereocenters. The van der Waals surface area contributed by atoms with Gasteiger partial charge in [-0.15, -0.1) is 0 Å². The maximum atomic E-state index is 14.0. The number of nitrogens with zero attached hydrogens (tertiary/aromatic N) is 1. The first-order valence-corrected chi connectivity index (χ1v) is 9.82. The molecule has 7 heteroatoms. The zero-order chi connectivity index (χ0) is 21.0. The van der Waals surface area contributed by atoms with Crippen molar-refractivity contribution in [3.05, 3.63) is 97.2 Å². The van der Waals surface area contributed by atoms with Gasteiger partial charge < -0.3 is 4.74 Å². The van der Waals surface area contributed by atoms with Gasteiger partial charge in [0, 0.05) is 21.2 Å². The summed E-state index contributed by atoms with van der Waals surface area (Å²) >= 11 is 24.7. The molecule has 0 fully saturated rings. The lowest BCUT2D eigenvalue weighted by atomic mass is 10.0. The second kappa shape index (κ2) is 9.52. The predicted molar refractivity (Wildman–Crippen MR) is 117 cm³/mol. The molecule has 3 rings (SSSR count). The van der Waals surface area contributed by atoms with E-state index in [-0.39, 0.29) is 33.5 Å². The largest absolute Gasteiger partial charge is 0.486 e. The average molecular weight is 467 g/mol. The lowest BCUT2D eigenvalue weighted by Gasteiger charge is -2.12. The molecule has 0 aromatic heterocycles. The van der Waals surface area contributed by atoms with E-state index in [2.05, 4.69) is 0 Å². The smallest absolute Gasteiger partial charge is 0.157 e. The number of ether oxygens (including phenoxy) is 1. The highest BCUT2D eigenvalue weighted by Crippen LogP contribution is 2.36. The molecule has 2 nitrogen and oxygen atoms in total. The van der Waals surface area contributed by atoms with E-state index in [0.717, 1.165) is 5.56 Å². The van der Waals surface area contributed by atoms with Crippen molar-refractivity contribution in [2.24, 2.45) is 0 Å². The fraction of sp³-hybridized carbons (Fsp3) is 0.0455. The van der Waals surface area contributed by atoms with Crippen molar-refractivity contribution >= 4 is 58.1 Å². The van der Waals surface area contributed by atoms with Crippen molar-refractivity contribution < 1.29 is 9.13 Å². The van der Waals surface area contributed by atoms with Crippen molar-refractivity contribution in [3.63, 3.8) is 0 Å². The van der Waals surface area contributed by atoms with Crippen LogP contribution in [0.4, 0.5) is 4.39 Å². The summed E-state index contributed by atoms with van der Waals surface area (Å²) in [4.78, 5) is 0. The minimum atomic E-state index is -0.489. The SMILES string of the molecule is N#CC(=Cc1cc(Cl)c(OCc2ccc(Cl)cc2Cl)c(Cl)c1)c1ccccc1F. The van der Waals surface area contributed by atoms with Gasteiger partial charge in [-0.05, 0) is 42.0 Å². The third-order valence-electron chi connectivity index (χ3n) is 4.00. The van der Waals surface area contributed by atoms with Gasteiger partial charge in [0.05, 0.1) is 21.7 Å². The average Bonchev–Trinajstić information content (AvgIpc) is 2.67. The second-order valence-electron chi connectivity index (χ2n) is 5.99. The third kappa shape index (κ3) is 5.23. The fourth-order valence-corrected chi connectivity index (χ4v) is 3.68. The van der Waals surface area contributed by atoms with Crippen LogP contribution in [0.3, 0.4) is 0 Å². The molecular weight excluding hydrogens is 455 g/mol. The van der Waals surface area contributed by atoms with Gasteiger partial charge >= 0.3 is 0 Å². The highest BCUT2D eigenvalue weighted by Gasteiger charge is 2.13. The van der Waals surface area contributed by atoms with Crippen LogP contribution in [0.1, 0.15) is 16.7 Å². The molecule has 29 heavy (non-hydrogen) atoms. The highest BCUT2D eigenvalue weighted by atomic mass is 35.5. The Morgan fingerprint density at radius 3 is 2.28 bits per heavy atom. The predicted octanol–water partition coefficient (Wildman–Crippen LogP) is 8.08. The quantitative estimate of drug-likeness (QED) is 0.281. The second-order valence-corrected chi connectivity index (χ2v) is 7.65. The van der Waals surface area contributed by atoms with E-state index in [4.69, 9.17) is 51.1 Å². The zero-order valence-electron chi connectivity index (χ0n) is 14.7. The van der Waals surface area contributed by atoms with Crippen LogP contribution >= 0.6 is 46.4 Å². The zero-order valence-corrected chi connectivity index (χ0v) is 17.7. The van der Waals surface area contributed by atoms with Crippen LogP contribution in [-0.2, 0) is 6.61 Å². The third-order valence-corrected chi connectivity index (χ3v) is 5.15. The number of hydrogen-bond acceptors (Lipinski definition) is 2. The van der Waals surface area contributed by atoms with Crippen LogP contribution in [-0.4, -0.2) is 0 Å². The highest BCUT2D eigenvalue weighted by molar-refractivity contribution is 6.37. The Labute approximate surface area is 187 Å². The monoisotopic (exact) mass is 465 g/mol. The Balaban J connectivity index is 1.87. The van der Waals surface area contributed by atoms with E-state index in [1.807, 2.05) is 6.07 Å². The van der Waals surface area contributed by atoms with Gasteiger partial charge in [0.15, 0.2) is 5.75 Å². The topological polar surface area (TPSA) is 33.0 Å². The summed E-state index contributed by atoms with van der Waals surface area (Å²) in [5, 5.41) is 10.9. The molecule has 0 aliphatic heterocycles. The summed E-state index contributed by atoms with van der Waals surface area (Å²) in [5.74, 6) is -0.210. The van der Waals surface area contributed by atoms with Gasteiger partial charge in [-0.2, -0.15) is 5.26 Å². The summed E-state index contributed by atoms with van der Waals surface area (Å²) in [6.07, 6.45) is 1.51. The molecule has 0 radical (unpaired) electrons. The fourth-order valence-electron chi connectivity index (χ4n) is 2.61. The van der Waals surface area contributed by atoms with Gasteiger partial charge in [-0.3, -0.25) is 0 Å². The van der Waals surface area contributed by atoms with E-state index in [9.17, 15) is 9.65 Å². The maximum Gasteiger partial charge on any atom is 0.157 e. The van der Waals surface area contributed by atoms with Gasteiger partial charge in [-0.25, -0.2) is 4.39 Å². The molecule has 0 saturated carbocycles. The molecule has 0 aliphatic rings.